The first-order valence-corrected chi connectivity index (χ1v) is 3.96. The van der Waals surface area contributed by atoms with Crippen LogP contribution in [0, 0.1) is 5.92 Å². The zero-order chi connectivity index (χ0) is 7.11. The molecule has 0 spiro atoms. The minimum Gasteiger partial charge on any atom is -0.396 e. The summed E-state index contributed by atoms with van der Waals surface area (Å²) in [5.41, 5.74) is 0. The number of hydrogen-bond acceptors (Lipinski definition) is 1. The molecule has 1 atom stereocenters. The molecule has 1 unspecified atom stereocenters. The topological polar surface area (TPSA) is 20.2 Å². The first-order valence-electron chi connectivity index (χ1n) is 3.96. The second-order valence-electron chi connectivity index (χ2n) is 2.60. The Hall–Kier alpha value is 0.466. The van der Waals surface area contributed by atoms with E-state index in [0.717, 1.165) is 6.42 Å². The molecule has 0 bridgehead atoms. The van der Waals surface area contributed by atoms with Gasteiger partial charge in [-0.25, -0.2) is 0 Å². The van der Waals surface area contributed by atoms with Crippen molar-refractivity contribution in [2.45, 2.75) is 39.5 Å². The molecule has 0 aromatic heterocycles. The molecule has 0 aromatic rings. The average molecular weight is 189 g/mol. The van der Waals surface area contributed by atoms with Crippen LogP contribution in [0.1, 0.15) is 39.5 Å². The zero-order valence-electron chi connectivity index (χ0n) is 6.89. The maximum Gasteiger partial charge on any atom is 0.0459 e. The summed E-state index contributed by atoms with van der Waals surface area (Å²) in [5, 5.41) is 8.75. The van der Waals surface area contributed by atoms with Crippen LogP contribution in [-0.4, -0.2) is 11.7 Å². The SMILES string of the molecule is CCCCC(CC)CO.[Co]. The van der Waals surface area contributed by atoms with Crippen molar-refractivity contribution in [3.05, 3.63) is 0 Å². The van der Waals surface area contributed by atoms with Gasteiger partial charge in [0.25, 0.3) is 0 Å². The van der Waals surface area contributed by atoms with Gasteiger partial charge in [-0.2, -0.15) is 0 Å². The van der Waals surface area contributed by atoms with Crippen LogP contribution in [0.25, 0.3) is 0 Å². The summed E-state index contributed by atoms with van der Waals surface area (Å²) in [6, 6.07) is 0. The largest absolute Gasteiger partial charge is 0.396 e. The fourth-order valence-electron chi connectivity index (χ4n) is 0.917. The minimum absolute atomic E-state index is 0. The van der Waals surface area contributed by atoms with Crippen LogP contribution in [0.3, 0.4) is 0 Å². The van der Waals surface area contributed by atoms with E-state index in [-0.39, 0.29) is 16.8 Å². The number of rotatable bonds is 5. The molecule has 65 valence electrons. The van der Waals surface area contributed by atoms with Crippen molar-refractivity contribution in [1.29, 1.82) is 0 Å². The maximum absolute atomic E-state index is 8.75. The summed E-state index contributed by atoms with van der Waals surface area (Å²) >= 11 is 0. The van der Waals surface area contributed by atoms with Gasteiger partial charge in [0.05, 0.1) is 0 Å². The predicted octanol–water partition coefficient (Wildman–Crippen LogP) is 2.19. The van der Waals surface area contributed by atoms with Crippen molar-refractivity contribution in [3.8, 4) is 0 Å². The van der Waals surface area contributed by atoms with Gasteiger partial charge in [0.15, 0.2) is 0 Å². The fourth-order valence-corrected chi connectivity index (χ4v) is 0.917. The van der Waals surface area contributed by atoms with Crippen molar-refractivity contribution in [2.24, 2.45) is 5.92 Å². The van der Waals surface area contributed by atoms with Gasteiger partial charge < -0.3 is 5.11 Å². The van der Waals surface area contributed by atoms with Crippen LogP contribution in [0.15, 0.2) is 0 Å². The van der Waals surface area contributed by atoms with E-state index in [2.05, 4.69) is 13.8 Å². The molecule has 0 saturated heterocycles. The fraction of sp³-hybridized carbons (Fsp3) is 1.00. The number of aliphatic hydroxyl groups is 1. The van der Waals surface area contributed by atoms with Gasteiger partial charge in [-0.15, -0.1) is 0 Å². The quantitative estimate of drug-likeness (QED) is 0.702. The minimum atomic E-state index is 0. The molecule has 0 fully saturated rings. The van der Waals surface area contributed by atoms with E-state index in [1.807, 2.05) is 0 Å². The van der Waals surface area contributed by atoms with Gasteiger partial charge >= 0.3 is 0 Å². The molecule has 0 rings (SSSR count). The van der Waals surface area contributed by atoms with Crippen molar-refractivity contribution in [1.82, 2.24) is 0 Å². The van der Waals surface area contributed by atoms with Crippen molar-refractivity contribution < 1.29 is 21.9 Å². The van der Waals surface area contributed by atoms with Crippen LogP contribution >= 0.6 is 0 Å². The Morgan fingerprint density at radius 2 is 1.90 bits per heavy atom. The van der Waals surface area contributed by atoms with Gasteiger partial charge in [-0.05, 0) is 12.3 Å². The Kier molecular flexibility index (Phi) is 12.4. The summed E-state index contributed by atoms with van der Waals surface area (Å²) in [6.45, 7) is 4.69. The first-order chi connectivity index (χ1) is 4.35. The Labute approximate surface area is 74.4 Å². The molecule has 0 amide bonds. The van der Waals surface area contributed by atoms with E-state index in [4.69, 9.17) is 5.11 Å². The maximum atomic E-state index is 8.75. The Morgan fingerprint density at radius 3 is 2.20 bits per heavy atom. The first kappa shape index (κ1) is 13.1. The predicted molar refractivity (Wildman–Crippen MR) is 40.4 cm³/mol. The molecule has 2 heteroatoms. The summed E-state index contributed by atoms with van der Waals surface area (Å²) in [4.78, 5) is 0. The molecule has 0 heterocycles. The second-order valence-corrected chi connectivity index (χ2v) is 2.60. The normalized spacial score (nSPS) is 12.3. The Bertz CT molecular complexity index is 53.2. The van der Waals surface area contributed by atoms with E-state index in [0.29, 0.717) is 12.5 Å². The average Bonchev–Trinajstić information content (AvgIpc) is 1.91. The number of aliphatic hydroxyl groups excluding tert-OH is 1. The molecule has 0 aromatic carbocycles. The van der Waals surface area contributed by atoms with Gasteiger partial charge in [-0.3, -0.25) is 0 Å². The molecular formula is C8H18CoO. The molecule has 1 radical (unpaired) electrons. The van der Waals surface area contributed by atoms with Crippen molar-refractivity contribution in [3.63, 3.8) is 0 Å². The summed E-state index contributed by atoms with van der Waals surface area (Å²) in [6.07, 6.45) is 4.83. The summed E-state index contributed by atoms with van der Waals surface area (Å²) in [5.74, 6) is 0.560. The van der Waals surface area contributed by atoms with Crippen LogP contribution < -0.4 is 0 Å². The molecule has 0 aliphatic rings. The number of hydrogen-bond donors (Lipinski definition) is 1. The summed E-state index contributed by atoms with van der Waals surface area (Å²) in [7, 11) is 0. The van der Waals surface area contributed by atoms with Crippen LogP contribution in [0.4, 0.5) is 0 Å². The van der Waals surface area contributed by atoms with Gasteiger partial charge in [0.1, 0.15) is 0 Å². The van der Waals surface area contributed by atoms with E-state index < -0.39 is 0 Å². The van der Waals surface area contributed by atoms with E-state index in [9.17, 15) is 0 Å². The van der Waals surface area contributed by atoms with Crippen LogP contribution in [0.5, 0.6) is 0 Å². The molecular weight excluding hydrogens is 171 g/mol. The second kappa shape index (κ2) is 9.47. The van der Waals surface area contributed by atoms with Gasteiger partial charge in [0.2, 0.25) is 0 Å². The zero-order valence-corrected chi connectivity index (χ0v) is 7.93. The van der Waals surface area contributed by atoms with Crippen molar-refractivity contribution >= 4 is 0 Å². The molecule has 1 N–H and O–H groups in total. The van der Waals surface area contributed by atoms with Crippen LogP contribution in [-0.2, 0) is 16.8 Å². The Morgan fingerprint density at radius 1 is 1.30 bits per heavy atom. The molecule has 1 nitrogen and oxygen atoms in total. The van der Waals surface area contributed by atoms with E-state index in [1.54, 1.807) is 0 Å². The Balaban J connectivity index is 0. The molecule has 0 aliphatic carbocycles. The monoisotopic (exact) mass is 189 g/mol. The summed E-state index contributed by atoms with van der Waals surface area (Å²) < 4.78 is 0. The third-order valence-electron chi connectivity index (χ3n) is 1.80. The molecule has 0 aliphatic heterocycles. The molecule has 10 heavy (non-hydrogen) atoms. The third kappa shape index (κ3) is 6.58. The van der Waals surface area contributed by atoms with Crippen molar-refractivity contribution in [2.75, 3.05) is 6.61 Å². The van der Waals surface area contributed by atoms with Crippen LogP contribution in [0.2, 0.25) is 0 Å². The molecule has 0 saturated carbocycles. The number of unbranched alkanes of at least 4 members (excludes halogenated alkanes) is 1. The van der Waals surface area contributed by atoms with Gasteiger partial charge in [-0.1, -0.05) is 33.1 Å². The van der Waals surface area contributed by atoms with E-state index >= 15 is 0 Å². The van der Waals surface area contributed by atoms with E-state index in [1.165, 1.54) is 19.3 Å². The smallest absolute Gasteiger partial charge is 0.0459 e. The standard InChI is InChI=1S/C8H18O.Co/c1-3-5-6-8(4-2)7-9;/h8-9H,3-7H2,1-2H3;. The van der Waals surface area contributed by atoms with Gasteiger partial charge in [0, 0.05) is 23.4 Å². The third-order valence-corrected chi connectivity index (χ3v) is 1.80.